The van der Waals surface area contributed by atoms with Gasteiger partial charge in [0.25, 0.3) is 10.0 Å². The number of halogens is 3. The maximum absolute atomic E-state index is 13.4. The Kier molecular flexibility index (Phi) is 3.81. The summed E-state index contributed by atoms with van der Waals surface area (Å²) in [5.74, 6) is -1.88. The molecule has 4 nitrogen and oxygen atoms in total. The normalized spacial score (nSPS) is 11.3. The lowest BCUT2D eigenvalue weighted by atomic mass is 10.3. The maximum Gasteiger partial charge on any atom is 0.266 e. The molecule has 2 rings (SSSR count). The van der Waals surface area contributed by atoms with Crippen molar-refractivity contribution in [3.63, 3.8) is 0 Å². The van der Waals surface area contributed by atoms with E-state index in [9.17, 15) is 17.2 Å². The Labute approximate surface area is 116 Å². The van der Waals surface area contributed by atoms with Crippen LogP contribution in [0.4, 0.5) is 14.6 Å². The molecule has 0 atom stereocenters. The van der Waals surface area contributed by atoms with Crippen molar-refractivity contribution in [2.45, 2.75) is 4.90 Å². The van der Waals surface area contributed by atoms with Crippen LogP contribution in [-0.4, -0.2) is 13.4 Å². The zero-order valence-corrected chi connectivity index (χ0v) is 11.7. The van der Waals surface area contributed by atoms with Gasteiger partial charge in [0.1, 0.15) is 22.3 Å². The molecule has 0 spiro atoms. The van der Waals surface area contributed by atoms with Gasteiger partial charge in [0.15, 0.2) is 0 Å². The first-order valence-corrected chi connectivity index (χ1v) is 7.25. The predicted octanol–water partition coefficient (Wildman–Crippen LogP) is 2.92. The molecular formula is C11H7BrF2N2O2S. The minimum atomic E-state index is -4.23. The number of rotatable bonds is 3. The Bertz CT molecular complexity index is 722. The van der Waals surface area contributed by atoms with E-state index in [-0.39, 0.29) is 5.82 Å². The number of benzene rings is 1. The van der Waals surface area contributed by atoms with Crippen LogP contribution >= 0.6 is 15.9 Å². The minimum Gasteiger partial charge on any atom is -0.263 e. The van der Waals surface area contributed by atoms with Crippen LogP contribution in [0.3, 0.4) is 0 Å². The largest absolute Gasteiger partial charge is 0.266 e. The number of nitrogens with zero attached hydrogens (tertiary/aromatic N) is 1. The molecule has 0 aliphatic heterocycles. The highest BCUT2D eigenvalue weighted by atomic mass is 79.9. The van der Waals surface area contributed by atoms with Gasteiger partial charge < -0.3 is 0 Å². The van der Waals surface area contributed by atoms with Crippen LogP contribution < -0.4 is 4.72 Å². The summed E-state index contributed by atoms with van der Waals surface area (Å²) >= 11 is 3.14. The summed E-state index contributed by atoms with van der Waals surface area (Å²) < 4.78 is 52.9. The first-order valence-electron chi connectivity index (χ1n) is 4.98. The van der Waals surface area contributed by atoms with Crippen molar-refractivity contribution >= 4 is 31.8 Å². The maximum atomic E-state index is 13.4. The van der Waals surface area contributed by atoms with E-state index in [1.807, 2.05) is 0 Å². The average Bonchev–Trinajstić information content (AvgIpc) is 2.31. The van der Waals surface area contributed by atoms with Crippen LogP contribution in [0.25, 0.3) is 0 Å². The highest BCUT2D eigenvalue weighted by molar-refractivity contribution is 9.10. The van der Waals surface area contributed by atoms with Crippen molar-refractivity contribution in [1.29, 1.82) is 0 Å². The lowest BCUT2D eigenvalue weighted by molar-refractivity contribution is 0.555. The van der Waals surface area contributed by atoms with E-state index in [0.717, 1.165) is 12.1 Å². The van der Waals surface area contributed by atoms with Crippen LogP contribution in [0.5, 0.6) is 0 Å². The minimum absolute atomic E-state index is 0.00182. The fourth-order valence-corrected chi connectivity index (χ4v) is 2.76. The molecule has 0 aliphatic carbocycles. The monoisotopic (exact) mass is 348 g/mol. The second-order valence-corrected chi connectivity index (χ2v) is 6.11. The molecule has 1 heterocycles. The van der Waals surface area contributed by atoms with Crippen LogP contribution in [-0.2, 0) is 10.0 Å². The van der Waals surface area contributed by atoms with Gasteiger partial charge in [0.05, 0.1) is 0 Å². The summed E-state index contributed by atoms with van der Waals surface area (Å²) in [5.41, 5.74) is 0. The van der Waals surface area contributed by atoms with Crippen molar-refractivity contribution in [3.8, 4) is 0 Å². The Morgan fingerprint density at radius 3 is 2.58 bits per heavy atom. The molecule has 0 bridgehead atoms. The third kappa shape index (κ3) is 3.27. The van der Waals surface area contributed by atoms with E-state index in [0.29, 0.717) is 10.5 Å². The first-order chi connectivity index (χ1) is 8.88. The van der Waals surface area contributed by atoms with Gasteiger partial charge in [-0.2, -0.15) is 0 Å². The van der Waals surface area contributed by atoms with Crippen LogP contribution in [0.1, 0.15) is 0 Å². The third-order valence-corrected chi connectivity index (χ3v) is 4.01. The van der Waals surface area contributed by atoms with Gasteiger partial charge in [-0.1, -0.05) is 15.9 Å². The van der Waals surface area contributed by atoms with E-state index in [2.05, 4.69) is 25.6 Å². The summed E-state index contributed by atoms with van der Waals surface area (Å²) in [6.45, 7) is 0. The van der Waals surface area contributed by atoms with Crippen molar-refractivity contribution in [1.82, 2.24) is 4.98 Å². The van der Waals surface area contributed by atoms with Gasteiger partial charge in [-0.15, -0.1) is 0 Å². The van der Waals surface area contributed by atoms with Gasteiger partial charge in [-0.3, -0.25) is 4.72 Å². The molecule has 0 saturated heterocycles. The highest BCUT2D eigenvalue weighted by Crippen LogP contribution is 2.20. The van der Waals surface area contributed by atoms with Crippen LogP contribution in [0.2, 0.25) is 0 Å². The smallest absolute Gasteiger partial charge is 0.263 e. The summed E-state index contributed by atoms with van der Waals surface area (Å²) in [6, 6.07) is 5.19. The molecule has 100 valence electrons. The summed E-state index contributed by atoms with van der Waals surface area (Å²) in [6.07, 6.45) is 1.36. The second kappa shape index (κ2) is 5.22. The van der Waals surface area contributed by atoms with Gasteiger partial charge in [-0.05, 0) is 30.3 Å². The van der Waals surface area contributed by atoms with Gasteiger partial charge in [0.2, 0.25) is 0 Å². The number of pyridine rings is 1. The van der Waals surface area contributed by atoms with E-state index >= 15 is 0 Å². The number of anilines is 1. The van der Waals surface area contributed by atoms with E-state index < -0.39 is 26.6 Å². The van der Waals surface area contributed by atoms with Crippen LogP contribution in [0.15, 0.2) is 45.9 Å². The number of hydrogen-bond donors (Lipinski definition) is 1. The standard InChI is InChI=1S/C11H7BrF2N2O2S/c12-7-3-4-15-11(5-7)16-19(17,18)10-6-8(13)1-2-9(10)14/h1-6H,(H,15,16). The van der Waals surface area contributed by atoms with Gasteiger partial charge >= 0.3 is 0 Å². The number of hydrogen-bond acceptors (Lipinski definition) is 3. The number of nitrogens with one attached hydrogen (secondary N) is 1. The highest BCUT2D eigenvalue weighted by Gasteiger charge is 2.20. The molecule has 1 aromatic heterocycles. The second-order valence-electron chi connectivity index (χ2n) is 3.54. The SMILES string of the molecule is O=S(=O)(Nc1cc(Br)ccn1)c1cc(F)ccc1F. The van der Waals surface area contributed by atoms with Crippen molar-refractivity contribution in [2.24, 2.45) is 0 Å². The quantitative estimate of drug-likeness (QED) is 0.927. The lowest BCUT2D eigenvalue weighted by Crippen LogP contribution is -2.15. The van der Waals surface area contributed by atoms with E-state index in [1.165, 1.54) is 12.3 Å². The molecular weight excluding hydrogens is 342 g/mol. The molecule has 1 aromatic carbocycles. The Balaban J connectivity index is 2.40. The number of aromatic nitrogens is 1. The molecule has 1 N–H and O–H groups in total. The van der Waals surface area contributed by atoms with Gasteiger partial charge in [-0.25, -0.2) is 22.2 Å². The lowest BCUT2D eigenvalue weighted by Gasteiger charge is -2.08. The van der Waals surface area contributed by atoms with Crippen molar-refractivity contribution < 1.29 is 17.2 Å². The molecule has 0 fully saturated rings. The molecule has 0 unspecified atom stereocenters. The molecule has 0 aliphatic rings. The molecule has 2 aromatic rings. The first kappa shape index (κ1) is 13.9. The molecule has 0 saturated carbocycles. The number of sulfonamides is 1. The van der Waals surface area contributed by atoms with Gasteiger partial charge in [0, 0.05) is 10.7 Å². The molecule has 8 heteroatoms. The summed E-state index contributed by atoms with van der Waals surface area (Å²) in [7, 11) is -4.23. The van der Waals surface area contributed by atoms with E-state index in [1.54, 1.807) is 6.07 Å². The van der Waals surface area contributed by atoms with Crippen molar-refractivity contribution in [2.75, 3.05) is 4.72 Å². The molecule has 0 amide bonds. The Morgan fingerprint density at radius 2 is 1.89 bits per heavy atom. The Morgan fingerprint density at radius 1 is 1.16 bits per heavy atom. The third-order valence-electron chi connectivity index (χ3n) is 2.14. The predicted molar refractivity (Wildman–Crippen MR) is 69.1 cm³/mol. The van der Waals surface area contributed by atoms with E-state index in [4.69, 9.17) is 0 Å². The Hall–Kier alpha value is -1.54. The fraction of sp³-hybridized carbons (Fsp3) is 0. The molecule has 0 radical (unpaired) electrons. The van der Waals surface area contributed by atoms with Crippen LogP contribution in [0, 0.1) is 11.6 Å². The summed E-state index contributed by atoms with van der Waals surface area (Å²) in [4.78, 5) is 3.00. The molecule has 19 heavy (non-hydrogen) atoms. The van der Waals surface area contributed by atoms with Crippen molar-refractivity contribution in [3.05, 3.63) is 52.6 Å². The topological polar surface area (TPSA) is 59.1 Å². The fourth-order valence-electron chi connectivity index (χ4n) is 1.34. The zero-order chi connectivity index (χ0) is 14.0. The summed E-state index contributed by atoms with van der Waals surface area (Å²) in [5, 5.41) is 0. The average molecular weight is 349 g/mol. The zero-order valence-electron chi connectivity index (χ0n) is 9.27.